The molecule has 1 aliphatic rings. The Morgan fingerprint density at radius 1 is 1.10 bits per heavy atom. The molecule has 0 bridgehead atoms. The molecule has 3 nitrogen and oxygen atoms in total. The molecule has 0 radical (unpaired) electrons. The minimum Gasteiger partial charge on any atom is -0.392 e. The maximum absolute atomic E-state index is 9.74. The highest BCUT2D eigenvalue weighted by molar-refractivity contribution is 5.22. The van der Waals surface area contributed by atoms with Gasteiger partial charge in [-0.2, -0.15) is 0 Å². The van der Waals surface area contributed by atoms with E-state index in [0.29, 0.717) is 6.04 Å². The van der Waals surface area contributed by atoms with Crippen LogP contribution in [0.4, 0.5) is 0 Å². The van der Waals surface area contributed by atoms with Gasteiger partial charge in [-0.1, -0.05) is 43.5 Å². The fourth-order valence-electron chi connectivity index (χ4n) is 3.11. The van der Waals surface area contributed by atoms with Crippen molar-refractivity contribution in [3.05, 3.63) is 35.4 Å². The molecule has 112 valence electrons. The van der Waals surface area contributed by atoms with E-state index in [1.54, 1.807) is 0 Å². The second-order valence-electron chi connectivity index (χ2n) is 6.04. The van der Waals surface area contributed by atoms with Crippen molar-refractivity contribution in [2.75, 3.05) is 6.54 Å². The first-order valence-corrected chi connectivity index (χ1v) is 7.80. The Morgan fingerprint density at radius 2 is 1.70 bits per heavy atom. The first kappa shape index (κ1) is 15.5. The van der Waals surface area contributed by atoms with Gasteiger partial charge in [-0.05, 0) is 30.9 Å². The fraction of sp³-hybridized carbons (Fsp3) is 0.647. The minimum absolute atomic E-state index is 0.0975. The Labute approximate surface area is 122 Å². The normalized spacial score (nSPS) is 18.4. The fourth-order valence-corrected chi connectivity index (χ4v) is 3.11. The smallest absolute Gasteiger partial charge is 0.0681 e. The average Bonchev–Trinajstić information content (AvgIpc) is 2.48. The van der Waals surface area contributed by atoms with Gasteiger partial charge in [0, 0.05) is 19.1 Å². The molecule has 1 aliphatic carbocycles. The van der Waals surface area contributed by atoms with Crippen molar-refractivity contribution >= 4 is 0 Å². The molecule has 3 heteroatoms. The number of hydrogen-bond donors (Lipinski definition) is 2. The zero-order valence-corrected chi connectivity index (χ0v) is 12.5. The molecule has 1 aromatic rings. The van der Waals surface area contributed by atoms with E-state index in [1.165, 1.54) is 37.7 Å². The molecule has 1 atom stereocenters. The van der Waals surface area contributed by atoms with Crippen LogP contribution in [0.25, 0.3) is 0 Å². The van der Waals surface area contributed by atoms with Gasteiger partial charge in [0.2, 0.25) is 0 Å². The van der Waals surface area contributed by atoms with Crippen LogP contribution in [0, 0.1) is 0 Å². The van der Waals surface area contributed by atoms with Crippen LogP contribution in [0.2, 0.25) is 0 Å². The summed E-state index contributed by atoms with van der Waals surface area (Å²) in [6.45, 7) is 3.60. The van der Waals surface area contributed by atoms with Crippen molar-refractivity contribution in [1.29, 1.82) is 0 Å². The van der Waals surface area contributed by atoms with Crippen molar-refractivity contribution < 1.29 is 10.2 Å². The summed E-state index contributed by atoms with van der Waals surface area (Å²) in [4.78, 5) is 2.43. The van der Waals surface area contributed by atoms with Gasteiger partial charge < -0.3 is 10.2 Å². The van der Waals surface area contributed by atoms with E-state index in [-0.39, 0.29) is 12.7 Å². The second-order valence-corrected chi connectivity index (χ2v) is 6.04. The van der Waals surface area contributed by atoms with E-state index in [2.05, 4.69) is 17.0 Å². The summed E-state index contributed by atoms with van der Waals surface area (Å²) in [6.07, 6.45) is 6.19. The average molecular weight is 277 g/mol. The summed E-state index contributed by atoms with van der Waals surface area (Å²) in [7, 11) is 0. The number of benzene rings is 1. The van der Waals surface area contributed by atoms with Gasteiger partial charge in [0.25, 0.3) is 0 Å². The van der Waals surface area contributed by atoms with Crippen LogP contribution in [0.1, 0.15) is 50.2 Å². The van der Waals surface area contributed by atoms with Crippen LogP contribution in [0.15, 0.2) is 24.3 Å². The first-order valence-electron chi connectivity index (χ1n) is 7.80. The molecular weight excluding hydrogens is 250 g/mol. The van der Waals surface area contributed by atoms with Crippen LogP contribution >= 0.6 is 0 Å². The van der Waals surface area contributed by atoms with Gasteiger partial charge >= 0.3 is 0 Å². The van der Waals surface area contributed by atoms with Gasteiger partial charge in [-0.25, -0.2) is 0 Å². The molecule has 0 aliphatic heterocycles. The highest BCUT2D eigenvalue weighted by Gasteiger charge is 2.22. The van der Waals surface area contributed by atoms with Crippen molar-refractivity contribution in [2.24, 2.45) is 0 Å². The lowest BCUT2D eigenvalue weighted by molar-refractivity contribution is 0.0769. The highest BCUT2D eigenvalue weighted by atomic mass is 16.3. The zero-order chi connectivity index (χ0) is 14.4. The van der Waals surface area contributed by atoms with E-state index in [4.69, 9.17) is 5.11 Å². The molecule has 1 aromatic carbocycles. The number of hydrogen-bond acceptors (Lipinski definition) is 3. The third-order valence-electron chi connectivity index (χ3n) is 4.18. The molecule has 0 saturated heterocycles. The lowest BCUT2D eigenvalue weighted by Crippen LogP contribution is -2.40. The molecule has 2 rings (SSSR count). The molecule has 1 saturated carbocycles. The molecule has 0 amide bonds. The summed E-state index contributed by atoms with van der Waals surface area (Å²) >= 11 is 0. The van der Waals surface area contributed by atoms with Gasteiger partial charge in [0.05, 0.1) is 12.7 Å². The molecule has 0 spiro atoms. The van der Waals surface area contributed by atoms with Crippen LogP contribution in [0.5, 0.6) is 0 Å². The number of aliphatic hydroxyl groups excluding tert-OH is 2. The predicted octanol–water partition coefficient (Wildman–Crippen LogP) is 2.69. The van der Waals surface area contributed by atoms with E-state index >= 15 is 0 Å². The van der Waals surface area contributed by atoms with Crippen LogP contribution in [-0.2, 0) is 13.2 Å². The van der Waals surface area contributed by atoms with Gasteiger partial charge in [0.15, 0.2) is 0 Å². The molecule has 1 fully saturated rings. The van der Waals surface area contributed by atoms with Crippen molar-refractivity contribution in [2.45, 2.75) is 64.3 Å². The Balaban J connectivity index is 2.01. The highest BCUT2D eigenvalue weighted by Crippen LogP contribution is 2.24. The monoisotopic (exact) mass is 277 g/mol. The van der Waals surface area contributed by atoms with Crippen molar-refractivity contribution in [3.8, 4) is 0 Å². The van der Waals surface area contributed by atoms with E-state index in [9.17, 15) is 5.11 Å². The van der Waals surface area contributed by atoms with E-state index < -0.39 is 0 Å². The lowest BCUT2D eigenvalue weighted by Gasteiger charge is -2.35. The summed E-state index contributed by atoms with van der Waals surface area (Å²) in [5.74, 6) is 0. The number of nitrogens with zero attached hydrogens (tertiary/aromatic N) is 1. The topological polar surface area (TPSA) is 43.7 Å². The largest absolute Gasteiger partial charge is 0.392 e. The summed E-state index contributed by atoms with van der Waals surface area (Å²) in [6, 6.07) is 8.75. The lowest BCUT2D eigenvalue weighted by atomic mass is 9.93. The standard InChI is InChI=1S/C17H27NO2/c1-14(20)11-18(17-5-3-2-4-6-17)12-15-7-9-16(13-19)10-8-15/h7-10,14,17,19-20H,2-6,11-13H2,1H3. The molecule has 20 heavy (non-hydrogen) atoms. The predicted molar refractivity (Wildman–Crippen MR) is 81.3 cm³/mol. The van der Waals surface area contributed by atoms with Gasteiger partial charge in [0.1, 0.15) is 0 Å². The summed E-state index contributed by atoms with van der Waals surface area (Å²) in [5, 5.41) is 18.8. The Hall–Kier alpha value is -0.900. The molecule has 0 aromatic heterocycles. The molecule has 0 heterocycles. The van der Waals surface area contributed by atoms with Crippen LogP contribution in [0.3, 0.4) is 0 Å². The summed E-state index contributed by atoms with van der Waals surface area (Å²) < 4.78 is 0. The molecule has 1 unspecified atom stereocenters. The van der Waals surface area contributed by atoms with E-state index in [1.807, 2.05) is 19.1 Å². The maximum Gasteiger partial charge on any atom is 0.0681 e. The third-order valence-corrected chi connectivity index (χ3v) is 4.18. The van der Waals surface area contributed by atoms with Gasteiger partial charge in [-0.15, -0.1) is 0 Å². The SMILES string of the molecule is CC(O)CN(Cc1ccc(CO)cc1)C1CCCCC1. The molecule has 2 N–H and O–H groups in total. The minimum atomic E-state index is -0.284. The van der Waals surface area contributed by atoms with Crippen LogP contribution in [-0.4, -0.2) is 33.8 Å². The summed E-state index contributed by atoms with van der Waals surface area (Å²) in [5.41, 5.74) is 2.21. The Morgan fingerprint density at radius 3 is 2.25 bits per heavy atom. The Kier molecular flexibility index (Phi) is 6.02. The zero-order valence-electron chi connectivity index (χ0n) is 12.5. The van der Waals surface area contributed by atoms with Crippen molar-refractivity contribution in [3.63, 3.8) is 0 Å². The second kappa shape index (κ2) is 7.77. The molecular formula is C17H27NO2. The first-order chi connectivity index (χ1) is 9.69. The third kappa shape index (κ3) is 4.58. The van der Waals surface area contributed by atoms with E-state index in [0.717, 1.165) is 18.7 Å². The number of rotatable bonds is 6. The quantitative estimate of drug-likeness (QED) is 0.840. The van der Waals surface area contributed by atoms with Gasteiger partial charge in [-0.3, -0.25) is 4.90 Å². The van der Waals surface area contributed by atoms with Crippen molar-refractivity contribution in [1.82, 2.24) is 4.90 Å². The van der Waals surface area contributed by atoms with Crippen LogP contribution < -0.4 is 0 Å². The number of aliphatic hydroxyl groups is 2. The Bertz CT molecular complexity index is 382. The maximum atomic E-state index is 9.74.